The minimum absolute atomic E-state index is 0.341. The molecule has 0 aromatic heterocycles. The van der Waals surface area contributed by atoms with Gasteiger partial charge in [-0.1, -0.05) is 6.92 Å². The average molecular weight is 211 g/mol. The Bertz CT molecular complexity index is 219. The van der Waals surface area contributed by atoms with Gasteiger partial charge in [0.2, 0.25) is 0 Å². The van der Waals surface area contributed by atoms with E-state index in [1.165, 1.54) is 0 Å². The molecule has 3 nitrogen and oxygen atoms in total. The summed E-state index contributed by atoms with van der Waals surface area (Å²) in [4.78, 5) is 2.26. The first kappa shape index (κ1) is 14.4. The van der Waals surface area contributed by atoms with Crippen LogP contribution in [0.5, 0.6) is 0 Å². The molecule has 0 radical (unpaired) electrons. The van der Waals surface area contributed by atoms with E-state index in [0.717, 1.165) is 13.0 Å². The molecule has 0 aromatic carbocycles. The first-order valence-electron chi connectivity index (χ1n) is 5.73. The molecule has 0 bridgehead atoms. The molecule has 0 amide bonds. The highest BCUT2D eigenvalue weighted by molar-refractivity contribution is 5.05. The van der Waals surface area contributed by atoms with Crippen molar-refractivity contribution >= 4 is 0 Å². The fourth-order valence-corrected chi connectivity index (χ4v) is 1.83. The van der Waals surface area contributed by atoms with Crippen LogP contribution >= 0.6 is 0 Å². The zero-order valence-electron chi connectivity index (χ0n) is 11.0. The van der Waals surface area contributed by atoms with Crippen LogP contribution in [0.1, 0.15) is 41.0 Å². The molecular weight excluding hydrogens is 186 g/mol. The lowest BCUT2D eigenvalue weighted by molar-refractivity contribution is 0.217. The number of nitriles is 1. The van der Waals surface area contributed by atoms with Crippen LogP contribution in [0.2, 0.25) is 0 Å². The van der Waals surface area contributed by atoms with E-state index in [-0.39, 0.29) is 0 Å². The number of hydrogen-bond acceptors (Lipinski definition) is 3. The van der Waals surface area contributed by atoms with Crippen molar-refractivity contribution in [1.82, 2.24) is 10.2 Å². The van der Waals surface area contributed by atoms with Gasteiger partial charge in [-0.05, 0) is 47.7 Å². The van der Waals surface area contributed by atoms with E-state index < -0.39 is 5.54 Å². The van der Waals surface area contributed by atoms with Crippen LogP contribution in [-0.4, -0.2) is 36.1 Å². The van der Waals surface area contributed by atoms with Crippen LogP contribution < -0.4 is 5.32 Å². The van der Waals surface area contributed by atoms with Crippen molar-refractivity contribution in [2.24, 2.45) is 0 Å². The fourth-order valence-electron chi connectivity index (χ4n) is 1.83. The Labute approximate surface area is 94.5 Å². The van der Waals surface area contributed by atoms with Gasteiger partial charge in [0.1, 0.15) is 5.54 Å². The Kier molecular flexibility index (Phi) is 5.85. The zero-order valence-corrected chi connectivity index (χ0v) is 11.0. The highest BCUT2D eigenvalue weighted by Gasteiger charge is 2.27. The van der Waals surface area contributed by atoms with Gasteiger partial charge < -0.3 is 4.90 Å². The maximum Gasteiger partial charge on any atom is 0.105 e. The van der Waals surface area contributed by atoms with Crippen molar-refractivity contribution in [2.75, 3.05) is 13.6 Å². The summed E-state index contributed by atoms with van der Waals surface area (Å²) in [6.07, 6.45) is 0.853. The maximum atomic E-state index is 9.21. The summed E-state index contributed by atoms with van der Waals surface area (Å²) >= 11 is 0. The fraction of sp³-hybridized carbons (Fsp3) is 0.917. The third kappa shape index (κ3) is 5.15. The standard InChI is InChI=1S/C12H25N3/c1-7-15(6)11(4)8-12(5,9-13)14-10(2)3/h10-11,14H,7-8H2,1-6H3. The summed E-state index contributed by atoms with van der Waals surface area (Å²) in [5.41, 5.74) is -0.420. The van der Waals surface area contributed by atoms with Gasteiger partial charge in [-0.2, -0.15) is 5.26 Å². The first-order chi connectivity index (χ1) is 6.84. The molecule has 0 aromatic rings. The smallest absolute Gasteiger partial charge is 0.105 e. The maximum absolute atomic E-state index is 9.21. The minimum Gasteiger partial charge on any atom is -0.304 e. The van der Waals surface area contributed by atoms with Crippen LogP contribution in [0.3, 0.4) is 0 Å². The number of hydrogen-bond donors (Lipinski definition) is 1. The minimum atomic E-state index is -0.420. The van der Waals surface area contributed by atoms with Crippen molar-refractivity contribution in [1.29, 1.82) is 5.26 Å². The van der Waals surface area contributed by atoms with Crippen LogP contribution in [0, 0.1) is 11.3 Å². The first-order valence-corrected chi connectivity index (χ1v) is 5.73. The third-order valence-electron chi connectivity index (χ3n) is 2.81. The third-order valence-corrected chi connectivity index (χ3v) is 2.81. The Morgan fingerprint density at radius 1 is 1.40 bits per heavy atom. The summed E-state index contributed by atoms with van der Waals surface area (Å²) < 4.78 is 0. The molecule has 2 unspecified atom stereocenters. The van der Waals surface area contributed by atoms with Crippen LogP contribution in [-0.2, 0) is 0 Å². The highest BCUT2D eigenvalue weighted by atomic mass is 15.1. The lowest BCUT2D eigenvalue weighted by Crippen LogP contribution is -2.49. The predicted molar refractivity (Wildman–Crippen MR) is 64.7 cm³/mol. The Morgan fingerprint density at radius 2 is 1.93 bits per heavy atom. The second kappa shape index (κ2) is 6.09. The summed E-state index contributed by atoms with van der Waals surface area (Å²) in [7, 11) is 2.10. The van der Waals surface area contributed by atoms with E-state index in [1.807, 2.05) is 6.92 Å². The lowest BCUT2D eigenvalue weighted by Gasteiger charge is -2.32. The number of nitrogens with one attached hydrogen (secondary N) is 1. The number of nitrogens with zero attached hydrogens (tertiary/aromatic N) is 2. The molecule has 0 heterocycles. The van der Waals surface area contributed by atoms with E-state index >= 15 is 0 Å². The van der Waals surface area contributed by atoms with Crippen molar-refractivity contribution in [2.45, 2.75) is 58.7 Å². The Morgan fingerprint density at radius 3 is 2.27 bits per heavy atom. The SMILES string of the molecule is CCN(C)C(C)CC(C)(C#N)NC(C)C. The van der Waals surface area contributed by atoms with Crippen molar-refractivity contribution < 1.29 is 0 Å². The molecular formula is C12H25N3. The predicted octanol–water partition coefficient (Wildman–Crippen LogP) is 2.00. The lowest BCUT2D eigenvalue weighted by atomic mass is 9.94. The van der Waals surface area contributed by atoms with Crippen LogP contribution in [0.15, 0.2) is 0 Å². The second-order valence-electron chi connectivity index (χ2n) is 4.87. The van der Waals surface area contributed by atoms with E-state index in [2.05, 4.69) is 51.0 Å². The molecule has 0 saturated carbocycles. The van der Waals surface area contributed by atoms with Crippen LogP contribution in [0.25, 0.3) is 0 Å². The largest absolute Gasteiger partial charge is 0.304 e. The van der Waals surface area contributed by atoms with Crippen LogP contribution in [0.4, 0.5) is 0 Å². The van der Waals surface area contributed by atoms with E-state index in [1.54, 1.807) is 0 Å². The molecule has 15 heavy (non-hydrogen) atoms. The van der Waals surface area contributed by atoms with Crippen molar-refractivity contribution in [3.8, 4) is 6.07 Å². The summed E-state index contributed by atoms with van der Waals surface area (Å²) in [6.45, 7) is 11.4. The van der Waals surface area contributed by atoms with E-state index in [0.29, 0.717) is 12.1 Å². The van der Waals surface area contributed by atoms with Gasteiger partial charge in [0, 0.05) is 12.1 Å². The van der Waals surface area contributed by atoms with Gasteiger partial charge in [0.15, 0.2) is 0 Å². The molecule has 0 aliphatic heterocycles. The zero-order chi connectivity index (χ0) is 12.1. The molecule has 88 valence electrons. The normalized spacial score (nSPS) is 17.5. The molecule has 3 heteroatoms. The van der Waals surface area contributed by atoms with Gasteiger partial charge in [0.05, 0.1) is 6.07 Å². The molecule has 1 N–H and O–H groups in total. The summed E-state index contributed by atoms with van der Waals surface area (Å²) in [6, 6.07) is 3.15. The van der Waals surface area contributed by atoms with E-state index in [9.17, 15) is 5.26 Å². The highest BCUT2D eigenvalue weighted by Crippen LogP contribution is 2.15. The Balaban J connectivity index is 4.38. The molecule has 0 aliphatic carbocycles. The summed E-state index contributed by atoms with van der Waals surface area (Å²) in [5, 5.41) is 12.5. The average Bonchev–Trinajstić information content (AvgIpc) is 2.15. The van der Waals surface area contributed by atoms with Gasteiger partial charge in [-0.3, -0.25) is 5.32 Å². The molecule has 0 aliphatic rings. The van der Waals surface area contributed by atoms with Gasteiger partial charge in [0.25, 0.3) is 0 Å². The van der Waals surface area contributed by atoms with Crippen molar-refractivity contribution in [3.05, 3.63) is 0 Å². The summed E-state index contributed by atoms with van der Waals surface area (Å²) in [5.74, 6) is 0. The molecule has 0 fully saturated rings. The van der Waals surface area contributed by atoms with Gasteiger partial charge in [-0.25, -0.2) is 0 Å². The molecule has 0 rings (SSSR count). The topological polar surface area (TPSA) is 39.1 Å². The quantitative estimate of drug-likeness (QED) is 0.730. The molecule has 0 saturated heterocycles. The monoisotopic (exact) mass is 211 g/mol. The number of rotatable bonds is 6. The Hall–Kier alpha value is -0.590. The molecule has 0 spiro atoms. The van der Waals surface area contributed by atoms with Crippen molar-refractivity contribution in [3.63, 3.8) is 0 Å². The van der Waals surface area contributed by atoms with E-state index in [4.69, 9.17) is 0 Å². The van der Waals surface area contributed by atoms with Gasteiger partial charge in [-0.15, -0.1) is 0 Å². The second-order valence-corrected chi connectivity index (χ2v) is 4.87. The molecule has 2 atom stereocenters. The van der Waals surface area contributed by atoms with Gasteiger partial charge >= 0.3 is 0 Å².